The van der Waals surface area contributed by atoms with Gasteiger partial charge in [0.1, 0.15) is 0 Å². The summed E-state index contributed by atoms with van der Waals surface area (Å²) in [5.41, 5.74) is 5.74. The lowest BCUT2D eigenvalue weighted by Gasteiger charge is -2.30. The molecular weight excluding hydrogens is 254 g/mol. The molecule has 0 aliphatic heterocycles. The molecule has 2 aliphatic rings. The van der Waals surface area contributed by atoms with Crippen molar-refractivity contribution in [3.8, 4) is 11.1 Å². The second-order valence-corrected chi connectivity index (χ2v) is 6.73. The van der Waals surface area contributed by atoms with Gasteiger partial charge in [0, 0.05) is 6.04 Å². The van der Waals surface area contributed by atoms with Crippen molar-refractivity contribution in [2.45, 2.75) is 44.7 Å². The van der Waals surface area contributed by atoms with E-state index in [-0.39, 0.29) is 0 Å². The van der Waals surface area contributed by atoms with Crippen molar-refractivity contribution in [1.82, 2.24) is 5.32 Å². The molecule has 1 heteroatoms. The van der Waals surface area contributed by atoms with Crippen molar-refractivity contribution in [1.29, 1.82) is 0 Å². The highest BCUT2D eigenvalue weighted by Gasteiger charge is 2.30. The van der Waals surface area contributed by atoms with Crippen LogP contribution in [-0.2, 0) is 0 Å². The fourth-order valence-corrected chi connectivity index (χ4v) is 4.00. The third-order valence-electron chi connectivity index (χ3n) is 5.25. The van der Waals surface area contributed by atoms with E-state index in [0.717, 1.165) is 5.92 Å². The molecule has 1 saturated carbocycles. The zero-order valence-electron chi connectivity index (χ0n) is 12.7. The number of fused-ring (bicyclic) bond motifs is 3. The smallest absolute Gasteiger partial charge is 0.0591 e. The first-order valence-corrected chi connectivity index (χ1v) is 8.27. The Hall–Kier alpha value is -1.60. The average molecular weight is 277 g/mol. The molecule has 0 heterocycles. The Kier molecular flexibility index (Phi) is 3.31. The maximum absolute atomic E-state index is 3.95. The quantitative estimate of drug-likeness (QED) is 0.821. The highest BCUT2D eigenvalue weighted by atomic mass is 15.0. The fourth-order valence-electron chi connectivity index (χ4n) is 4.00. The zero-order chi connectivity index (χ0) is 14.2. The minimum Gasteiger partial charge on any atom is -0.303 e. The van der Waals surface area contributed by atoms with E-state index < -0.39 is 0 Å². The van der Waals surface area contributed by atoms with Crippen LogP contribution in [-0.4, -0.2) is 6.04 Å². The summed E-state index contributed by atoms with van der Waals surface area (Å²) in [5, 5.41) is 3.95. The Morgan fingerprint density at radius 3 is 1.86 bits per heavy atom. The van der Waals surface area contributed by atoms with E-state index in [0.29, 0.717) is 12.1 Å². The van der Waals surface area contributed by atoms with Gasteiger partial charge in [-0.05, 0) is 53.9 Å². The van der Waals surface area contributed by atoms with Crippen LogP contribution in [0.5, 0.6) is 0 Å². The van der Waals surface area contributed by atoms with Crippen molar-refractivity contribution >= 4 is 0 Å². The van der Waals surface area contributed by atoms with E-state index in [1.807, 2.05) is 0 Å². The Labute approximate surface area is 127 Å². The summed E-state index contributed by atoms with van der Waals surface area (Å²) in [5.74, 6) is 0.909. The van der Waals surface area contributed by atoms with Gasteiger partial charge in [0.2, 0.25) is 0 Å². The predicted molar refractivity (Wildman–Crippen MR) is 88.3 cm³/mol. The maximum Gasteiger partial charge on any atom is 0.0591 e. The van der Waals surface area contributed by atoms with Crippen LogP contribution >= 0.6 is 0 Å². The lowest BCUT2D eigenvalue weighted by atomic mass is 9.86. The monoisotopic (exact) mass is 277 g/mol. The van der Waals surface area contributed by atoms with Crippen LogP contribution < -0.4 is 5.32 Å². The Balaban J connectivity index is 1.66. The lowest BCUT2D eigenvalue weighted by Crippen LogP contribution is -2.35. The topological polar surface area (TPSA) is 12.0 Å². The van der Waals surface area contributed by atoms with Crippen LogP contribution in [0, 0.1) is 5.92 Å². The Morgan fingerprint density at radius 2 is 1.29 bits per heavy atom. The van der Waals surface area contributed by atoms with Gasteiger partial charge in [-0.15, -0.1) is 0 Å². The van der Waals surface area contributed by atoms with E-state index in [9.17, 15) is 0 Å². The van der Waals surface area contributed by atoms with Gasteiger partial charge in [0.05, 0.1) is 6.04 Å². The molecule has 2 aromatic rings. The first-order valence-electron chi connectivity index (χ1n) is 8.27. The molecule has 4 rings (SSSR count). The zero-order valence-corrected chi connectivity index (χ0v) is 12.7. The minimum absolute atomic E-state index is 0.385. The normalized spacial score (nSPS) is 24.6. The van der Waals surface area contributed by atoms with E-state index in [1.165, 1.54) is 47.9 Å². The second kappa shape index (κ2) is 5.31. The third kappa shape index (κ3) is 2.30. The summed E-state index contributed by atoms with van der Waals surface area (Å²) in [4.78, 5) is 0. The first-order chi connectivity index (χ1) is 10.3. The van der Waals surface area contributed by atoms with Crippen molar-refractivity contribution in [3.63, 3.8) is 0 Å². The lowest BCUT2D eigenvalue weighted by molar-refractivity contribution is 0.297. The molecule has 2 aromatic carbocycles. The minimum atomic E-state index is 0.385. The van der Waals surface area contributed by atoms with Crippen LogP contribution in [0.3, 0.4) is 0 Å². The number of hydrogen-bond donors (Lipinski definition) is 1. The molecule has 0 spiro atoms. The SMILES string of the molecule is CC1CCC(NC2c3ccccc3-c3ccccc32)CC1. The third-order valence-corrected chi connectivity index (χ3v) is 5.25. The van der Waals surface area contributed by atoms with E-state index in [1.54, 1.807) is 0 Å². The van der Waals surface area contributed by atoms with Crippen LogP contribution in [0.25, 0.3) is 11.1 Å². The fraction of sp³-hybridized carbons (Fsp3) is 0.400. The average Bonchev–Trinajstić information content (AvgIpc) is 2.85. The van der Waals surface area contributed by atoms with E-state index >= 15 is 0 Å². The molecular formula is C20H23N. The second-order valence-electron chi connectivity index (χ2n) is 6.73. The molecule has 0 radical (unpaired) electrons. The number of hydrogen-bond acceptors (Lipinski definition) is 1. The van der Waals surface area contributed by atoms with Crippen LogP contribution in [0.1, 0.15) is 49.8 Å². The first kappa shape index (κ1) is 13.1. The van der Waals surface area contributed by atoms with Gasteiger partial charge in [0.15, 0.2) is 0 Å². The van der Waals surface area contributed by atoms with Gasteiger partial charge in [-0.2, -0.15) is 0 Å². The van der Waals surface area contributed by atoms with Gasteiger partial charge in [-0.3, -0.25) is 0 Å². The molecule has 0 aromatic heterocycles. The molecule has 2 aliphatic carbocycles. The molecule has 0 amide bonds. The van der Waals surface area contributed by atoms with E-state index in [2.05, 4.69) is 60.8 Å². The van der Waals surface area contributed by atoms with Crippen LogP contribution in [0.4, 0.5) is 0 Å². The predicted octanol–water partition coefficient (Wildman–Crippen LogP) is 4.92. The largest absolute Gasteiger partial charge is 0.303 e. The maximum atomic E-state index is 3.95. The molecule has 0 saturated heterocycles. The summed E-state index contributed by atoms with van der Waals surface area (Å²) in [6, 6.07) is 18.8. The summed E-state index contributed by atoms with van der Waals surface area (Å²) in [7, 11) is 0. The van der Waals surface area contributed by atoms with E-state index in [4.69, 9.17) is 0 Å². The molecule has 1 N–H and O–H groups in total. The van der Waals surface area contributed by atoms with Crippen molar-refractivity contribution in [3.05, 3.63) is 59.7 Å². The molecule has 0 bridgehead atoms. The van der Waals surface area contributed by atoms with Crippen molar-refractivity contribution in [2.75, 3.05) is 0 Å². The number of nitrogens with one attached hydrogen (secondary N) is 1. The van der Waals surface area contributed by atoms with Crippen LogP contribution in [0.2, 0.25) is 0 Å². The van der Waals surface area contributed by atoms with Gasteiger partial charge < -0.3 is 5.32 Å². The summed E-state index contributed by atoms with van der Waals surface area (Å²) in [6.07, 6.45) is 5.38. The molecule has 21 heavy (non-hydrogen) atoms. The van der Waals surface area contributed by atoms with Crippen molar-refractivity contribution < 1.29 is 0 Å². The molecule has 1 fully saturated rings. The molecule has 1 nitrogen and oxygen atoms in total. The van der Waals surface area contributed by atoms with Gasteiger partial charge in [-0.1, -0.05) is 55.5 Å². The van der Waals surface area contributed by atoms with Gasteiger partial charge >= 0.3 is 0 Å². The molecule has 108 valence electrons. The summed E-state index contributed by atoms with van der Waals surface area (Å²) < 4.78 is 0. The number of rotatable bonds is 2. The highest BCUT2D eigenvalue weighted by molar-refractivity contribution is 5.78. The standard InChI is InChI=1S/C20H23N/c1-14-10-12-15(13-11-14)21-20-18-8-4-2-6-16(18)17-7-3-5-9-19(17)20/h2-9,14-15,20-21H,10-13H2,1H3. The Bertz CT molecular complexity index is 592. The van der Waals surface area contributed by atoms with Crippen LogP contribution in [0.15, 0.2) is 48.5 Å². The molecule has 0 atom stereocenters. The highest BCUT2D eigenvalue weighted by Crippen LogP contribution is 2.43. The Morgan fingerprint density at radius 1 is 0.762 bits per heavy atom. The van der Waals surface area contributed by atoms with Crippen molar-refractivity contribution in [2.24, 2.45) is 5.92 Å². The molecule has 0 unspecified atom stereocenters. The van der Waals surface area contributed by atoms with Gasteiger partial charge in [-0.25, -0.2) is 0 Å². The van der Waals surface area contributed by atoms with Gasteiger partial charge in [0.25, 0.3) is 0 Å². The summed E-state index contributed by atoms with van der Waals surface area (Å²) in [6.45, 7) is 2.39. The summed E-state index contributed by atoms with van der Waals surface area (Å²) >= 11 is 0. The number of benzene rings is 2.